The van der Waals surface area contributed by atoms with E-state index >= 15 is 0 Å². The number of carboxylic acids is 2. The van der Waals surface area contributed by atoms with Crippen LogP contribution in [-0.4, -0.2) is 52.9 Å². The Labute approximate surface area is 204 Å². The molecule has 1 aliphatic rings. The van der Waals surface area contributed by atoms with Crippen molar-refractivity contribution in [2.75, 3.05) is 18.4 Å². The lowest BCUT2D eigenvalue weighted by Gasteiger charge is -2.14. The average Bonchev–Trinajstić information content (AvgIpc) is 3.04. The number of aliphatic carboxylic acids is 2. The summed E-state index contributed by atoms with van der Waals surface area (Å²) in [4.78, 5) is 24.4. The van der Waals surface area contributed by atoms with Crippen LogP contribution < -0.4 is 10.6 Å². The number of fused-ring (bicyclic) bond motifs is 1. The summed E-state index contributed by atoms with van der Waals surface area (Å²) in [7, 11) is 0. The second kappa shape index (κ2) is 14.0. The highest BCUT2D eigenvalue weighted by Crippen LogP contribution is 2.36. The number of benzene rings is 1. The van der Waals surface area contributed by atoms with E-state index in [1.54, 1.807) is 24.0 Å². The Bertz CT molecular complexity index is 953. The first-order valence-corrected chi connectivity index (χ1v) is 11.7. The van der Waals surface area contributed by atoms with Crippen molar-refractivity contribution in [3.05, 3.63) is 52.2 Å². The molecule has 1 aromatic heterocycles. The summed E-state index contributed by atoms with van der Waals surface area (Å²) in [5, 5.41) is 22.0. The van der Waals surface area contributed by atoms with Gasteiger partial charge in [0.2, 0.25) is 6.30 Å². The number of anilines is 1. The highest BCUT2D eigenvalue weighted by molar-refractivity contribution is 7.98. The highest BCUT2D eigenvalue weighted by Gasteiger charge is 2.19. The van der Waals surface area contributed by atoms with Crippen LogP contribution in [0, 0.1) is 0 Å². The van der Waals surface area contributed by atoms with Gasteiger partial charge in [0.05, 0.1) is 17.9 Å². The first-order chi connectivity index (χ1) is 16.2. The zero-order valence-electron chi connectivity index (χ0n) is 18.1. The van der Waals surface area contributed by atoms with Crippen LogP contribution in [0.1, 0.15) is 29.5 Å². The maximum absolute atomic E-state index is 13.0. The van der Waals surface area contributed by atoms with Gasteiger partial charge in [-0.3, -0.25) is 9.59 Å². The molecule has 0 fully saturated rings. The van der Waals surface area contributed by atoms with Crippen LogP contribution >= 0.6 is 23.4 Å². The number of carboxylic acid groups (broad SMARTS) is 2. The molecular weight excluding hydrogens is 495 g/mol. The molecule has 0 radical (unpaired) electrons. The fraction of sp³-hybridized carbons (Fsp3) is 0.409. The van der Waals surface area contributed by atoms with Crippen LogP contribution in [0.2, 0.25) is 5.02 Å². The van der Waals surface area contributed by atoms with Crippen molar-refractivity contribution in [2.45, 2.75) is 49.1 Å². The summed E-state index contributed by atoms with van der Waals surface area (Å²) in [5.41, 5.74) is 3.52. The summed E-state index contributed by atoms with van der Waals surface area (Å²) in [6.45, 7) is 1.89. The standard InChI is InChI=1S/C18H19ClF3N3S.C4H6O4/c19-14-3-2-12-5-7-23-8-6-13(12)16(14)26-10-11-1-4-15(24-9-11)25-18(22)17(20)21;5-3(6)1-2-4(7)8/h1-4,9,17-18,23H,5-8,10H2,(H,24,25);1-2H2,(H,5,6)(H,7,8). The predicted octanol–water partition coefficient (Wildman–Crippen LogP) is 4.62. The van der Waals surface area contributed by atoms with E-state index in [0.29, 0.717) is 5.75 Å². The van der Waals surface area contributed by atoms with Crippen LogP contribution in [0.4, 0.5) is 19.0 Å². The van der Waals surface area contributed by atoms with Crippen LogP contribution in [0.15, 0.2) is 35.4 Å². The molecule has 0 spiro atoms. The minimum atomic E-state index is -3.09. The Balaban J connectivity index is 0.000000440. The van der Waals surface area contributed by atoms with Crippen molar-refractivity contribution < 1.29 is 33.0 Å². The van der Waals surface area contributed by atoms with Crippen molar-refractivity contribution in [1.29, 1.82) is 0 Å². The Kier molecular flexibility index (Phi) is 11.4. The number of carbonyl (C=O) groups is 2. The van der Waals surface area contributed by atoms with E-state index < -0.39 is 24.7 Å². The van der Waals surface area contributed by atoms with Crippen LogP contribution in [-0.2, 0) is 28.2 Å². The van der Waals surface area contributed by atoms with Crippen molar-refractivity contribution in [2.24, 2.45) is 0 Å². The lowest BCUT2D eigenvalue weighted by molar-refractivity contribution is -0.143. The lowest BCUT2D eigenvalue weighted by Crippen LogP contribution is -2.22. The highest BCUT2D eigenvalue weighted by atomic mass is 35.5. The maximum Gasteiger partial charge on any atom is 0.303 e. The fourth-order valence-electron chi connectivity index (χ4n) is 3.03. The molecule has 1 aromatic carbocycles. The van der Waals surface area contributed by atoms with Gasteiger partial charge >= 0.3 is 11.9 Å². The van der Waals surface area contributed by atoms with Gasteiger partial charge in [0, 0.05) is 16.8 Å². The van der Waals surface area contributed by atoms with Crippen molar-refractivity contribution in [3.8, 4) is 0 Å². The number of pyridine rings is 1. The fourth-order valence-corrected chi connectivity index (χ4v) is 4.47. The second-order valence-corrected chi connectivity index (χ2v) is 8.67. The molecule has 0 amide bonds. The van der Waals surface area contributed by atoms with Crippen LogP contribution in [0.5, 0.6) is 0 Å². The summed E-state index contributed by atoms with van der Waals surface area (Å²) in [6, 6.07) is 7.28. The van der Waals surface area contributed by atoms with E-state index in [1.807, 2.05) is 11.4 Å². The van der Waals surface area contributed by atoms with Gasteiger partial charge in [0.1, 0.15) is 5.82 Å². The molecule has 1 aliphatic heterocycles. The van der Waals surface area contributed by atoms with Crippen molar-refractivity contribution in [1.82, 2.24) is 10.3 Å². The Morgan fingerprint density at radius 1 is 1.09 bits per heavy atom. The number of nitrogens with zero attached hydrogens (tertiary/aromatic N) is 1. The molecule has 2 aromatic rings. The van der Waals surface area contributed by atoms with E-state index in [1.165, 1.54) is 17.2 Å². The summed E-state index contributed by atoms with van der Waals surface area (Å²) < 4.78 is 37.4. The molecule has 186 valence electrons. The molecule has 2 heterocycles. The van der Waals surface area contributed by atoms with Crippen molar-refractivity contribution >= 4 is 41.1 Å². The lowest BCUT2D eigenvalue weighted by atomic mass is 10.0. The zero-order chi connectivity index (χ0) is 25.1. The van der Waals surface area contributed by atoms with Gasteiger partial charge in [0.25, 0.3) is 6.43 Å². The largest absolute Gasteiger partial charge is 0.481 e. The summed E-state index contributed by atoms with van der Waals surface area (Å²) >= 11 is 8.05. The number of halogens is 4. The number of thioether (sulfide) groups is 1. The molecule has 0 saturated carbocycles. The minimum Gasteiger partial charge on any atom is -0.481 e. The van der Waals surface area contributed by atoms with E-state index in [-0.39, 0.29) is 18.7 Å². The average molecular weight is 520 g/mol. The van der Waals surface area contributed by atoms with E-state index in [2.05, 4.69) is 16.4 Å². The van der Waals surface area contributed by atoms with E-state index in [4.69, 9.17) is 21.8 Å². The second-order valence-electron chi connectivity index (χ2n) is 7.27. The molecule has 0 bridgehead atoms. The van der Waals surface area contributed by atoms with Gasteiger partial charge in [-0.25, -0.2) is 18.2 Å². The molecule has 0 aliphatic carbocycles. The third kappa shape index (κ3) is 9.40. The zero-order valence-corrected chi connectivity index (χ0v) is 19.6. The molecule has 3 rings (SSSR count). The molecule has 1 atom stereocenters. The third-order valence-electron chi connectivity index (χ3n) is 4.70. The van der Waals surface area contributed by atoms with Gasteiger partial charge in [-0.15, -0.1) is 11.8 Å². The van der Waals surface area contributed by atoms with E-state index in [0.717, 1.165) is 41.4 Å². The third-order valence-corrected chi connectivity index (χ3v) is 6.36. The molecule has 12 heteroatoms. The summed E-state index contributed by atoms with van der Waals surface area (Å²) in [5.74, 6) is -1.42. The van der Waals surface area contributed by atoms with E-state index in [9.17, 15) is 22.8 Å². The topological polar surface area (TPSA) is 112 Å². The smallest absolute Gasteiger partial charge is 0.303 e. The monoisotopic (exact) mass is 519 g/mol. The van der Waals surface area contributed by atoms with Gasteiger partial charge in [-0.05, 0) is 54.8 Å². The predicted molar refractivity (Wildman–Crippen MR) is 125 cm³/mol. The molecular formula is C22H25ClF3N3O4S. The Morgan fingerprint density at radius 2 is 1.76 bits per heavy atom. The first kappa shape index (κ1) is 27.7. The molecule has 34 heavy (non-hydrogen) atoms. The molecule has 0 saturated heterocycles. The SMILES string of the molecule is FC(F)C(F)Nc1ccc(CSc2c(Cl)ccc3c2CCNCC3)cn1.O=C(O)CCC(=O)O. The Morgan fingerprint density at radius 3 is 2.35 bits per heavy atom. The number of hydrogen-bond donors (Lipinski definition) is 4. The molecule has 7 nitrogen and oxygen atoms in total. The number of rotatable bonds is 9. The number of hydrogen-bond acceptors (Lipinski definition) is 6. The van der Waals surface area contributed by atoms with Crippen LogP contribution in [0.3, 0.4) is 0 Å². The summed E-state index contributed by atoms with van der Waals surface area (Å²) in [6.07, 6.45) is -2.62. The number of alkyl halides is 3. The Hall–Kier alpha value is -2.50. The maximum atomic E-state index is 13.0. The first-order valence-electron chi connectivity index (χ1n) is 10.4. The minimum absolute atomic E-state index is 0.0873. The van der Waals surface area contributed by atoms with Gasteiger partial charge in [-0.1, -0.05) is 23.7 Å². The van der Waals surface area contributed by atoms with Crippen molar-refractivity contribution in [3.63, 3.8) is 0 Å². The van der Waals surface area contributed by atoms with Gasteiger partial charge in [-0.2, -0.15) is 0 Å². The number of nitrogens with one attached hydrogen (secondary N) is 2. The van der Waals surface area contributed by atoms with Crippen LogP contribution in [0.25, 0.3) is 0 Å². The molecule has 4 N–H and O–H groups in total. The van der Waals surface area contributed by atoms with Gasteiger partial charge < -0.3 is 20.8 Å². The number of aromatic nitrogens is 1. The quantitative estimate of drug-likeness (QED) is 0.280. The normalized spacial score (nSPS) is 13.8. The molecule has 1 unspecified atom stereocenters. The van der Waals surface area contributed by atoms with Gasteiger partial charge in [0.15, 0.2) is 0 Å².